The summed E-state index contributed by atoms with van der Waals surface area (Å²) in [6.07, 6.45) is 1.69. The topological polar surface area (TPSA) is 111 Å². The molecule has 0 radical (unpaired) electrons. The van der Waals surface area contributed by atoms with E-state index in [0.29, 0.717) is 64.9 Å². The molecule has 2 aliphatic rings. The molecule has 0 bridgehead atoms. The first-order valence-electron chi connectivity index (χ1n) is 11.1. The molecule has 2 saturated heterocycles. The van der Waals surface area contributed by atoms with E-state index in [0.717, 1.165) is 11.8 Å². The van der Waals surface area contributed by atoms with E-state index >= 15 is 0 Å². The van der Waals surface area contributed by atoms with Crippen LogP contribution < -0.4 is 14.4 Å². The lowest BCUT2D eigenvalue weighted by Crippen LogP contribution is -2.43. The van der Waals surface area contributed by atoms with Crippen molar-refractivity contribution >= 4 is 57.6 Å². The Morgan fingerprint density at radius 1 is 1.17 bits per heavy atom. The minimum Gasteiger partial charge on any atom is -0.490 e. The number of nitrogens with zero attached hydrogens (tertiary/aromatic N) is 3. The van der Waals surface area contributed by atoms with E-state index in [1.165, 1.54) is 29.2 Å². The van der Waals surface area contributed by atoms with Crippen LogP contribution in [0.25, 0.3) is 6.08 Å². The third-order valence-electron chi connectivity index (χ3n) is 5.39. The van der Waals surface area contributed by atoms with Crippen LogP contribution in [0.5, 0.6) is 11.5 Å². The highest BCUT2D eigenvalue weighted by atomic mass is 32.2. The highest BCUT2D eigenvalue weighted by Gasteiger charge is 2.33. The summed E-state index contributed by atoms with van der Waals surface area (Å²) in [5.41, 5.74) is 1.07. The number of carbonyl (C=O) groups excluding carboxylic acids is 2. The molecule has 0 saturated carbocycles. The second kappa shape index (κ2) is 11.5. The maximum atomic E-state index is 13.1. The molecular weight excluding hydrogens is 506 g/mol. The molecular formula is C24H23N3O7S2. The second-order valence-corrected chi connectivity index (χ2v) is 9.39. The first-order valence-corrected chi connectivity index (χ1v) is 12.4. The summed E-state index contributed by atoms with van der Waals surface area (Å²) >= 11 is 6.52. The number of thiocarbonyl (C=S) groups is 1. The predicted molar refractivity (Wildman–Crippen MR) is 139 cm³/mol. The molecule has 2 aromatic carbocycles. The highest BCUT2D eigenvalue weighted by molar-refractivity contribution is 8.27. The lowest BCUT2D eigenvalue weighted by Gasteiger charge is -2.26. The Labute approximate surface area is 216 Å². The molecule has 188 valence electrons. The molecule has 0 unspecified atom stereocenters. The van der Waals surface area contributed by atoms with E-state index in [4.69, 9.17) is 26.4 Å². The number of nitro benzene ring substituents is 1. The molecule has 0 aromatic heterocycles. The van der Waals surface area contributed by atoms with Gasteiger partial charge in [0.25, 0.3) is 17.5 Å². The smallest absolute Gasteiger partial charge is 0.270 e. The number of morpholine rings is 1. The Morgan fingerprint density at radius 2 is 1.89 bits per heavy atom. The SMILES string of the molecule is CCOc1cc(/C=C2/SC(=S)N(c3ccc([N+](=O)[O-])cc3)C2=O)ccc1OCC(=O)N1CCOCC1. The van der Waals surface area contributed by atoms with E-state index in [1.807, 2.05) is 6.92 Å². The van der Waals surface area contributed by atoms with Gasteiger partial charge >= 0.3 is 0 Å². The summed E-state index contributed by atoms with van der Waals surface area (Å²) in [4.78, 5) is 39.3. The average molecular weight is 530 g/mol. The summed E-state index contributed by atoms with van der Waals surface area (Å²) in [5, 5.41) is 10.9. The lowest BCUT2D eigenvalue weighted by atomic mass is 10.1. The van der Waals surface area contributed by atoms with Crippen molar-refractivity contribution in [1.82, 2.24) is 4.90 Å². The molecule has 12 heteroatoms. The Kier molecular flexibility index (Phi) is 8.18. The van der Waals surface area contributed by atoms with E-state index < -0.39 is 4.92 Å². The predicted octanol–water partition coefficient (Wildman–Crippen LogP) is 3.64. The number of rotatable bonds is 8. The van der Waals surface area contributed by atoms with Crippen LogP contribution in [-0.2, 0) is 14.3 Å². The van der Waals surface area contributed by atoms with Crippen LogP contribution in [0.1, 0.15) is 12.5 Å². The number of hydrogen-bond donors (Lipinski definition) is 0. The number of amides is 2. The van der Waals surface area contributed by atoms with Crippen molar-refractivity contribution in [2.24, 2.45) is 0 Å². The van der Waals surface area contributed by atoms with Crippen molar-refractivity contribution < 1.29 is 28.7 Å². The number of thioether (sulfide) groups is 1. The number of hydrogen-bond acceptors (Lipinski definition) is 9. The molecule has 36 heavy (non-hydrogen) atoms. The molecule has 2 aromatic rings. The van der Waals surface area contributed by atoms with Crippen molar-refractivity contribution in [3.63, 3.8) is 0 Å². The fraction of sp³-hybridized carbons (Fsp3) is 0.292. The molecule has 2 aliphatic heterocycles. The zero-order valence-electron chi connectivity index (χ0n) is 19.4. The number of ether oxygens (including phenoxy) is 3. The zero-order chi connectivity index (χ0) is 25.7. The summed E-state index contributed by atoms with van der Waals surface area (Å²) in [5.74, 6) is 0.425. The van der Waals surface area contributed by atoms with Crippen molar-refractivity contribution in [3.8, 4) is 11.5 Å². The summed E-state index contributed by atoms with van der Waals surface area (Å²) in [7, 11) is 0. The standard InChI is InChI=1S/C24H23N3O7S2/c1-2-33-20-13-16(3-8-19(20)34-15-22(28)25-9-11-32-12-10-25)14-21-23(29)26(24(35)36-21)17-4-6-18(7-5-17)27(30)31/h3-8,13-14H,2,9-12,15H2,1H3/b21-14+. The summed E-state index contributed by atoms with van der Waals surface area (Å²) in [6.45, 7) is 4.22. The average Bonchev–Trinajstić information content (AvgIpc) is 3.16. The number of nitro groups is 1. The van der Waals surface area contributed by atoms with Crippen LogP contribution in [0, 0.1) is 10.1 Å². The Balaban J connectivity index is 1.49. The van der Waals surface area contributed by atoms with Gasteiger partial charge in [-0.1, -0.05) is 30.0 Å². The summed E-state index contributed by atoms with van der Waals surface area (Å²) < 4.78 is 17.0. The number of non-ortho nitro benzene ring substituents is 1. The molecule has 2 heterocycles. The molecule has 2 amide bonds. The van der Waals surface area contributed by atoms with Gasteiger partial charge in [-0.15, -0.1) is 0 Å². The van der Waals surface area contributed by atoms with Gasteiger partial charge in [0, 0.05) is 25.2 Å². The molecule has 10 nitrogen and oxygen atoms in total. The first-order chi connectivity index (χ1) is 17.4. The normalized spacial score (nSPS) is 17.0. The number of carbonyl (C=O) groups is 2. The minimum atomic E-state index is -0.504. The quantitative estimate of drug-likeness (QED) is 0.219. The molecule has 0 spiro atoms. The molecule has 4 rings (SSSR count). The monoisotopic (exact) mass is 529 g/mol. The van der Waals surface area contributed by atoms with E-state index in [2.05, 4.69) is 0 Å². The van der Waals surface area contributed by atoms with Gasteiger partial charge in [-0.05, 0) is 42.8 Å². The van der Waals surface area contributed by atoms with Crippen LogP contribution in [0.15, 0.2) is 47.4 Å². The van der Waals surface area contributed by atoms with Crippen LogP contribution in [-0.4, -0.2) is 65.5 Å². The van der Waals surface area contributed by atoms with Gasteiger partial charge in [0.05, 0.1) is 35.3 Å². The van der Waals surface area contributed by atoms with Gasteiger partial charge in [-0.2, -0.15) is 0 Å². The summed E-state index contributed by atoms with van der Waals surface area (Å²) in [6, 6.07) is 10.8. The molecule has 0 atom stereocenters. The van der Waals surface area contributed by atoms with E-state index in [-0.39, 0.29) is 24.1 Å². The van der Waals surface area contributed by atoms with Crippen LogP contribution in [0.4, 0.5) is 11.4 Å². The number of benzene rings is 2. The van der Waals surface area contributed by atoms with Crippen LogP contribution in [0.3, 0.4) is 0 Å². The van der Waals surface area contributed by atoms with Crippen molar-refractivity contribution in [1.29, 1.82) is 0 Å². The first kappa shape index (κ1) is 25.6. The van der Waals surface area contributed by atoms with Crippen molar-refractivity contribution in [2.45, 2.75) is 6.92 Å². The number of anilines is 1. The van der Waals surface area contributed by atoms with Gasteiger partial charge in [0.1, 0.15) is 0 Å². The Morgan fingerprint density at radius 3 is 2.56 bits per heavy atom. The van der Waals surface area contributed by atoms with E-state index in [1.54, 1.807) is 29.2 Å². The Hall–Kier alpha value is -3.48. The fourth-order valence-corrected chi connectivity index (χ4v) is 4.91. The maximum Gasteiger partial charge on any atom is 0.270 e. The molecule has 0 aliphatic carbocycles. The molecule has 0 N–H and O–H groups in total. The lowest BCUT2D eigenvalue weighted by molar-refractivity contribution is -0.384. The fourth-order valence-electron chi connectivity index (χ4n) is 3.61. The third kappa shape index (κ3) is 5.83. The van der Waals surface area contributed by atoms with Crippen molar-refractivity contribution in [2.75, 3.05) is 44.4 Å². The largest absolute Gasteiger partial charge is 0.490 e. The third-order valence-corrected chi connectivity index (χ3v) is 6.69. The Bertz CT molecular complexity index is 1210. The van der Waals surface area contributed by atoms with Gasteiger partial charge < -0.3 is 19.1 Å². The van der Waals surface area contributed by atoms with Gasteiger partial charge in [0.2, 0.25) is 0 Å². The van der Waals surface area contributed by atoms with Gasteiger partial charge in [-0.25, -0.2) is 0 Å². The van der Waals surface area contributed by atoms with Crippen LogP contribution in [0.2, 0.25) is 0 Å². The van der Waals surface area contributed by atoms with Crippen LogP contribution >= 0.6 is 24.0 Å². The van der Waals surface area contributed by atoms with E-state index in [9.17, 15) is 19.7 Å². The maximum absolute atomic E-state index is 13.1. The van der Waals surface area contributed by atoms with Gasteiger partial charge in [-0.3, -0.25) is 24.6 Å². The second-order valence-electron chi connectivity index (χ2n) is 7.71. The van der Waals surface area contributed by atoms with Gasteiger partial charge in [0.15, 0.2) is 22.4 Å². The molecule has 2 fully saturated rings. The zero-order valence-corrected chi connectivity index (χ0v) is 21.0. The minimum absolute atomic E-state index is 0.0721. The van der Waals surface area contributed by atoms with Crippen molar-refractivity contribution in [3.05, 3.63) is 63.0 Å². The highest BCUT2D eigenvalue weighted by Crippen LogP contribution is 2.37.